The Bertz CT molecular complexity index is 460. The number of halogens is 1. The van der Waals surface area contributed by atoms with Gasteiger partial charge in [-0.2, -0.15) is 0 Å². The van der Waals surface area contributed by atoms with Crippen LogP contribution in [0.15, 0.2) is 21.7 Å². The van der Waals surface area contributed by atoms with Gasteiger partial charge in [0.15, 0.2) is 0 Å². The van der Waals surface area contributed by atoms with Crippen molar-refractivity contribution >= 4 is 21.6 Å². The van der Waals surface area contributed by atoms with Crippen LogP contribution in [-0.2, 0) is 4.74 Å². The van der Waals surface area contributed by atoms with Crippen molar-refractivity contribution in [2.45, 2.75) is 59.6 Å². The zero-order valence-electron chi connectivity index (χ0n) is 13.1. The van der Waals surface area contributed by atoms with E-state index in [1.165, 1.54) is 0 Å². The Hall–Kier alpha value is -0.740. The third-order valence-electron chi connectivity index (χ3n) is 3.41. The van der Waals surface area contributed by atoms with Crippen molar-refractivity contribution in [1.29, 1.82) is 0 Å². The molecule has 0 aliphatic heterocycles. The van der Waals surface area contributed by atoms with Gasteiger partial charge in [0.2, 0.25) is 0 Å². The fourth-order valence-corrected chi connectivity index (χ4v) is 2.58. The fraction of sp³-hybridized carbons (Fsp3) is 0.625. The molecule has 0 amide bonds. The molecule has 0 aliphatic rings. The normalized spacial score (nSPS) is 15.2. The van der Waals surface area contributed by atoms with Gasteiger partial charge in [0.25, 0.3) is 0 Å². The van der Waals surface area contributed by atoms with Gasteiger partial charge in [-0.3, -0.25) is 9.98 Å². The monoisotopic (exact) mass is 340 g/mol. The lowest BCUT2D eigenvalue weighted by Gasteiger charge is -2.20. The molecule has 1 aromatic rings. The zero-order valence-corrected chi connectivity index (χ0v) is 14.7. The lowest BCUT2D eigenvalue weighted by atomic mass is 10.0. The molecule has 0 aliphatic carbocycles. The number of aliphatic imine (C=N–C) groups is 1. The van der Waals surface area contributed by atoms with Crippen LogP contribution in [0.25, 0.3) is 0 Å². The summed E-state index contributed by atoms with van der Waals surface area (Å²) in [5, 5.41) is 0. The van der Waals surface area contributed by atoms with E-state index in [9.17, 15) is 0 Å². The molecule has 1 aromatic heterocycles. The predicted molar refractivity (Wildman–Crippen MR) is 88.7 cm³/mol. The van der Waals surface area contributed by atoms with Gasteiger partial charge >= 0.3 is 0 Å². The Morgan fingerprint density at radius 3 is 2.65 bits per heavy atom. The van der Waals surface area contributed by atoms with Crippen molar-refractivity contribution in [3.05, 3.63) is 28.0 Å². The maximum atomic E-state index is 5.70. The van der Waals surface area contributed by atoms with Gasteiger partial charge < -0.3 is 4.74 Å². The van der Waals surface area contributed by atoms with E-state index >= 15 is 0 Å². The van der Waals surface area contributed by atoms with Gasteiger partial charge in [0, 0.05) is 34.2 Å². The minimum Gasteiger partial charge on any atom is -0.377 e. The summed E-state index contributed by atoms with van der Waals surface area (Å²) in [7, 11) is 0. The van der Waals surface area contributed by atoms with Crippen LogP contribution >= 0.6 is 15.9 Å². The third kappa shape index (κ3) is 4.67. The Morgan fingerprint density at radius 2 is 2.10 bits per heavy atom. The molecule has 20 heavy (non-hydrogen) atoms. The predicted octanol–water partition coefficient (Wildman–Crippen LogP) is 4.56. The highest BCUT2D eigenvalue weighted by atomic mass is 79.9. The summed E-state index contributed by atoms with van der Waals surface area (Å²) < 4.78 is 6.69. The van der Waals surface area contributed by atoms with Gasteiger partial charge in [-0.1, -0.05) is 13.8 Å². The van der Waals surface area contributed by atoms with E-state index in [-0.39, 0.29) is 12.1 Å². The highest BCUT2D eigenvalue weighted by Gasteiger charge is 2.16. The number of hydrogen-bond acceptors (Lipinski definition) is 3. The van der Waals surface area contributed by atoms with Crippen molar-refractivity contribution in [3.8, 4) is 0 Å². The first-order valence-corrected chi connectivity index (χ1v) is 8.13. The molecule has 3 nitrogen and oxygen atoms in total. The van der Waals surface area contributed by atoms with Gasteiger partial charge in [-0.25, -0.2) is 0 Å². The van der Waals surface area contributed by atoms with Crippen molar-refractivity contribution < 1.29 is 4.74 Å². The number of aromatic nitrogens is 1. The number of aryl methyl sites for hydroxylation is 1. The first-order chi connectivity index (χ1) is 9.53. The van der Waals surface area contributed by atoms with Crippen LogP contribution in [-0.4, -0.2) is 29.4 Å². The molecule has 0 saturated heterocycles. The minimum absolute atomic E-state index is 0.145. The number of rotatable bonds is 7. The summed E-state index contributed by atoms with van der Waals surface area (Å²) in [6.45, 7) is 11.2. The van der Waals surface area contributed by atoms with E-state index in [0.29, 0.717) is 0 Å². The van der Waals surface area contributed by atoms with Gasteiger partial charge in [-0.15, -0.1) is 0 Å². The van der Waals surface area contributed by atoms with Gasteiger partial charge in [-0.05, 0) is 55.6 Å². The molecule has 2 unspecified atom stereocenters. The molecule has 0 radical (unpaired) electrons. The number of nitrogens with zero attached hydrogens (tertiary/aromatic N) is 2. The van der Waals surface area contributed by atoms with Gasteiger partial charge in [0.05, 0.1) is 12.1 Å². The van der Waals surface area contributed by atoms with Crippen LogP contribution in [0.1, 0.15) is 51.8 Å². The number of ether oxygens (including phenoxy) is 1. The number of hydrogen-bond donors (Lipinski definition) is 0. The molecular weight excluding hydrogens is 316 g/mol. The van der Waals surface area contributed by atoms with E-state index < -0.39 is 0 Å². The zero-order chi connectivity index (χ0) is 15.1. The molecule has 0 fully saturated rings. The summed E-state index contributed by atoms with van der Waals surface area (Å²) >= 11 is 3.49. The highest BCUT2D eigenvalue weighted by Crippen LogP contribution is 2.18. The van der Waals surface area contributed by atoms with Crippen LogP contribution in [0.5, 0.6) is 0 Å². The van der Waals surface area contributed by atoms with E-state index in [2.05, 4.69) is 47.8 Å². The molecule has 112 valence electrons. The molecule has 0 N–H and O–H groups in total. The quantitative estimate of drug-likeness (QED) is 0.682. The van der Waals surface area contributed by atoms with Crippen molar-refractivity contribution in [1.82, 2.24) is 4.98 Å². The summed E-state index contributed by atoms with van der Waals surface area (Å²) in [5.41, 5.74) is 3.26. The largest absolute Gasteiger partial charge is 0.377 e. The molecule has 2 atom stereocenters. The Balaban J connectivity index is 3.09. The van der Waals surface area contributed by atoms with E-state index in [1.807, 2.05) is 20.0 Å². The van der Waals surface area contributed by atoms with Crippen LogP contribution in [0.2, 0.25) is 0 Å². The Labute approximate surface area is 131 Å². The van der Waals surface area contributed by atoms with E-state index in [4.69, 9.17) is 9.73 Å². The summed E-state index contributed by atoms with van der Waals surface area (Å²) in [4.78, 5) is 9.34. The minimum atomic E-state index is 0.145. The van der Waals surface area contributed by atoms with E-state index in [1.54, 1.807) is 0 Å². The second-order valence-corrected chi connectivity index (χ2v) is 5.77. The topological polar surface area (TPSA) is 34.5 Å². The maximum Gasteiger partial charge on any atom is 0.0770 e. The van der Waals surface area contributed by atoms with Crippen molar-refractivity contribution in [2.75, 3.05) is 6.61 Å². The average molecular weight is 341 g/mol. The molecule has 4 heteroatoms. The summed E-state index contributed by atoms with van der Waals surface area (Å²) in [6, 6.07) is 2.30. The lowest BCUT2D eigenvalue weighted by molar-refractivity contribution is 0.0574. The summed E-state index contributed by atoms with van der Waals surface area (Å²) in [6.07, 6.45) is 3.85. The number of pyridine rings is 1. The first kappa shape index (κ1) is 17.3. The second kappa shape index (κ2) is 8.53. The molecular formula is C16H25BrN2O. The second-order valence-electron chi connectivity index (χ2n) is 4.85. The van der Waals surface area contributed by atoms with Gasteiger partial charge in [0.1, 0.15) is 0 Å². The molecule has 1 heterocycles. The smallest absolute Gasteiger partial charge is 0.0770 e. The maximum absolute atomic E-state index is 5.70. The van der Waals surface area contributed by atoms with E-state index in [0.717, 1.165) is 40.9 Å². The highest BCUT2D eigenvalue weighted by molar-refractivity contribution is 9.10. The third-order valence-corrected chi connectivity index (χ3v) is 3.84. The average Bonchev–Trinajstić information content (AvgIpc) is 2.43. The van der Waals surface area contributed by atoms with Crippen molar-refractivity contribution in [2.24, 2.45) is 4.99 Å². The molecule has 0 bridgehead atoms. The Morgan fingerprint density at radius 1 is 1.40 bits per heavy atom. The SMILES string of the molecule is CCOC(C)C(CC)N=C(CC)c1cc(Br)cnc1C. The standard InChI is InChI=1S/C16H25BrN2O/c1-6-15(12(5)20-8-3)19-16(7-2)14-9-13(17)10-18-11(14)4/h9-10,12,15H,6-8H2,1-5H3. The molecule has 1 rings (SSSR count). The molecule has 0 spiro atoms. The Kier molecular flexibility index (Phi) is 7.38. The van der Waals surface area contributed by atoms with Crippen LogP contribution in [0, 0.1) is 6.92 Å². The van der Waals surface area contributed by atoms with Crippen molar-refractivity contribution in [3.63, 3.8) is 0 Å². The molecule has 0 aromatic carbocycles. The fourth-order valence-electron chi connectivity index (χ4n) is 2.25. The van der Waals surface area contributed by atoms with Crippen LogP contribution in [0.3, 0.4) is 0 Å². The van der Waals surface area contributed by atoms with Crippen LogP contribution < -0.4 is 0 Å². The van der Waals surface area contributed by atoms with Crippen LogP contribution in [0.4, 0.5) is 0 Å². The summed E-state index contributed by atoms with van der Waals surface area (Å²) in [5.74, 6) is 0. The molecule has 0 saturated carbocycles. The lowest BCUT2D eigenvalue weighted by Crippen LogP contribution is -2.25. The first-order valence-electron chi connectivity index (χ1n) is 7.34.